The lowest BCUT2D eigenvalue weighted by Crippen LogP contribution is -2.38. The molecule has 3 aliphatic rings. The molecule has 1 amide bonds. The van der Waals surface area contributed by atoms with Crippen molar-refractivity contribution in [1.29, 1.82) is 0 Å². The molecular formula is C16H24N2O2S. The van der Waals surface area contributed by atoms with E-state index in [4.69, 9.17) is 0 Å². The molecule has 3 rings (SSSR count). The smallest absolute Gasteiger partial charge is 0.265 e. The molecule has 5 heteroatoms. The molecule has 2 aliphatic carbocycles. The molecular weight excluding hydrogens is 284 g/mol. The van der Waals surface area contributed by atoms with Gasteiger partial charge in [-0.25, -0.2) is 0 Å². The Balaban J connectivity index is 1.67. The topological polar surface area (TPSA) is 61.7 Å². The summed E-state index contributed by atoms with van der Waals surface area (Å²) in [7, 11) is 0. The van der Waals surface area contributed by atoms with Crippen molar-refractivity contribution in [3.8, 4) is 0 Å². The van der Waals surface area contributed by atoms with Crippen molar-refractivity contribution in [3.05, 3.63) is 12.2 Å². The Morgan fingerprint density at radius 1 is 1.52 bits per heavy atom. The third-order valence-electron chi connectivity index (χ3n) is 5.03. The number of aliphatic hydroxyl groups is 1. The number of allylic oxidation sites excluding steroid dienone is 1. The number of hydrogen-bond donors (Lipinski definition) is 2. The molecule has 4 nitrogen and oxygen atoms in total. The lowest BCUT2D eigenvalue weighted by molar-refractivity contribution is -0.120. The van der Waals surface area contributed by atoms with E-state index in [0.29, 0.717) is 18.9 Å². The van der Waals surface area contributed by atoms with E-state index in [9.17, 15) is 9.90 Å². The van der Waals surface area contributed by atoms with Crippen LogP contribution in [-0.4, -0.2) is 33.6 Å². The first-order valence-electron chi connectivity index (χ1n) is 7.86. The van der Waals surface area contributed by atoms with E-state index in [2.05, 4.69) is 16.9 Å². The van der Waals surface area contributed by atoms with Crippen molar-refractivity contribution < 1.29 is 9.90 Å². The minimum atomic E-state index is -0.638. The van der Waals surface area contributed by atoms with Gasteiger partial charge < -0.3 is 10.4 Å². The minimum Gasteiger partial charge on any atom is -0.396 e. The van der Waals surface area contributed by atoms with Gasteiger partial charge in [-0.1, -0.05) is 23.8 Å². The lowest BCUT2D eigenvalue weighted by atomic mass is 9.95. The van der Waals surface area contributed by atoms with Gasteiger partial charge in [0.15, 0.2) is 5.17 Å². The second kappa shape index (κ2) is 5.76. The first-order chi connectivity index (χ1) is 10.0. The number of carbonyl (C=O) groups is 1. The summed E-state index contributed by atoms with van der Waals surface area (Å²) in [5.41, 5.74) is 0.959. The van der Waals surface area contributed by atoms with Crippen LogP contribution < -0.4 is 5.32 Å². The predicted molar refractivity (Wildman–Crippen MR) is 86.3 cm³/mol. The maximum absolute atomic E-state index is 12.4. The quantitative estimate of drug-likeness (QED) is 0.766. The standard InChI is InChI=1S/C16H24N2O2S/c1-10(2)9-16(5-6-19)14(20)18-15(21-16)17-13-8-11-3-4-12(13)7-11/h11-13,19H,1,3-9H2,2H3,(H,17,18,20)/t11-,12-,13-,16?/m0/s1. The van der Waals surface area contributed by atoms with Crippen LogP contribution >= 0.6 is 11.8 Å². The van der Waals surface area contributed by atoms with Crippen molar-refractivity contribution in [3.63, 3.8) is 0 Å². The molecule has 2 fully saturated rings. The molecule has 1 unspecified atom stereocenters. The first kappa shape index (κ1) is 15.1. The van der Waals surface area contributed by atoms with E-state index >= 15 is 0 Å². The monoisotopic (exact) mass is 308 g/mol. The number of aliphatic hydroxyl groups excluding tert-OH is 1. The Bertz CT molecular complexity index is 491. The van der Waals surface area contributed by atoms with Crippen LogP contribution in [0.15, 0.2) is 17.1 Å². The summed E-state index contributed by atoms with van der Waals surface area (Å²) in [5.74, 6) is 1.51. The van der Waals surface area contributed by atoms with Gasteiger partial charge in [0.1, 0.15) is 4.75 Å². The van der Waals surface area contributed by atoms with Gasteiger partial charge in [-0.15, -0.1) is 6.58 Å². The number of hydrogen-bond acceptors (Lipinski definition) is 4. The Morgan fingerprint density at radius 2 is 2.33 bits per heavy atom. The van der Waals surface area contributed by atoms with Gasteiger partial charge in [0.2, 0.25) is 0 Å². The number of fused-ring (bicyclic) bond motifs is 2. The molecule has 0 aromatic rings. The lowest BCUT2D eigenvalue weighted by Gasteiger charge is -2.27. The van der Waals surface area contributed by atoms with Crippen LogP contribution in [0.5, 0.6) is 0 Å². The van der Waals surface area contributed by atoms with Crippen molar-refractivity contribution >= 4 is 22.8 Å². The molecule has 0 aromatic heterocycles. The van der Waals surface area contributed by atoms with Gasteiger partial charge in [-0.2, -0.15) is 4.99 Å². The van der Waals surface area contributed by atoms with Crippen LogP contribution in [0.2, 0.25) is 0 Å². The number of rotatable bonds is 5. The highest BCUT2D eigenvalue weighted by molar-refractivity contribution is 8.16. The fourth-order valence-corrected chi connectivity index (χ4v) is 5.47. The average Bonchev–Trinajstić information content (AvgIpc) is 3.06. The van der Waals surface area contributed by atoms with Gasteiger partial charge in [0, 0.05) is 12.6 Å². The largest absolute Gasteiger partial charge is 0.396 e. The second-order valence-electron chi connectivity index (χ2n) is 6.85. The third-order valence-corrected chi connectivity index (χ3v) is 6.35. The van der Waals surface area contributed by atoms with Crippen LogP contribution in [-0.2, 0) is 4.79 Å². The van der Waals surface area contributed by atoms with Gasteiger partial charge in [-0.3, -0.25) is 4.79 Å². The fraction of sp³-hybridized carbons (Fsp3) is 0.750. The highest BCUT2D eigenvalue weighted by Gasteiger charge is 2.47. The molecule has 21 heavy (non-hydrogen) atoms. The third kappa shape index (κ3) is 2.90. The Hall–Kier alpha value is -0.810. The summed E-state index contributed by atoms with van der Waals surface area (Å²) in [6.07, 6.45) is 6.24. The van der Waals surface area contributed by atoms with Crippen LogP contribution in [0, 0.1) is 11.8 Å². The number of nitrogens with one attached hydrogen (secondary N) is 1. The minimum absolute atomic E-state index is 0.00292. The van der Waals surface area contributed by atoms with E-state index in [1.807, 2.05) is 6.92 Å². The van der Waals surface area contributed by atoms with Crippen molar-refractivity contribution in [2.75, 3.05) is 6.61 Å². The summed E-state index contributed by atoms with van der Waals surface area (Å²) >= 11 is 1.50. The van der Waals surface area contributed by atoms with Gasteiger partial charge >= 0.3 is 0 Å². The summed E-state index contributed by atoms with van der Waals surface area (Å²) < 4.78 is -0.638. The van der Waals surface area contributed by atoms with E-state index in [1.165, 1.54) is 37.4 Å². The van der Waals surface area contributed by atoms with Gasteiger partial charge in [0.25, 0.3) is 5.91 Å². The van der Waals surface area contributed by atoms with Gasteiger partial charge in [-0.05, 0) is 50.9 Å². The highest BCUT2D eigenvalue weighted by atomic mass is 32.2. The first-order valence-corrected chi connectivity index (χ1v) is 8.68. The highest BCUT2D eigenvalue weighted by Crippen LogP contribution is 2.46. The molecule has 1 aliphatic heterocycles. The Kier molecular flexibility index (Phi) is 4.14. The number of amides is 1. The van der Waals surface area contributed by atoms with Crippen molar-refractivity contribution in [2.24, 2.45) is 16.8 Å². The summed E-state index contributed by atoms with van der Waals surface area (Å²) in [6, 6.07) is 0.484. The van der Waals surface area contributed by atoms with Crippen LogP contribution in [0.3, 0.4) is 0 Å². The zero-order valence-corrected chi connectivity index (χ0v) is 13.4. The number of thioether (sulfide) groups is 1. The molecule has 2 bridgehead atoms. The van der Waals surface area contributed by atoms with Crippen LogP contribution in [0.25, 0.3) is 0 Å². The normalized spacial score (nSPS) is 37.9. The summed E-state index contributed by atoms with van der Waals surface area (Å²) in [4.78, 5) is 16.6. The fourth-order valence-electron chi connectivity index (χ4n) is 4.11. The van der Waals surface area contributed by atoms with Crippen molar-refractivity contribution in [1.82, 2.24) is 5.32 Å². The number of aliphatic imine (C=N–C) groups is 1. The molecule has 116 valence electrons. The molecule has 2 N–H and O–H groups in total. The molecule has 0 spiro atoms. The molecule has 1 heterocycles. The second-order valence-corrected chi connectivity index (χ2v) is 8.22. The number of nitrogens with zero attached hydrogens (tertiary/aromatic N) is 1. The molecule has 4 atom stereocenters. The van der Waals surface area contributed by atoms with Crippen LogP contribution in [0.1, 0.15) is 45.4 Å². The molecule has 0 aromatic carbocycles. The van der Waals surface area contributed by atoms with E-state index in [-0.39, 0.29) is 12.5 Å². The summed E-state index contributed by atoms with van der Waals surface area (Å²) in [5, 5.41) is 13.6. The molecule has 2 saturated carbocycles. The van der Waals surface area contributed by atoms with Gasteiger partial charge in [0.05, 0.1) is 0 Å². The molecule has 0 saturated heterocycles. The Morgan fingerprint density at radius 3 is 2.90 bits per heavy atom. The maximum atomic E-state index is 12.4. The maximum Gasteiger partial charge on any atom is 0.265 e. The zero-order chi connectivity index (χ0) is 15.0. The number of amidine groups is 1. The molecule has 0 radical (unpaired) electrons. The van der Waals surface area contributed by atoms with Crippen LogP contribution in [0.4, 0.5) is 0 Å². The number of carbonyl (C=O) groups excluding carboxylic acids is 1. The van der Waals surface area contributed by atoms with E-state index in [0.717, 1.165) is 22.6 Å². The van der Waals surface area contributed by atoms with E-state index < -0.39 is 4.75 Å². The SMILES string of the molecule is C=C(C)CC1(CCO)SC(N[C@H]2C[C@H]3CC[C@H]2C3)=NC1=O. The van der Waals surface area contributed by atoms with E-state index in [1.54, 1.807) is 0 Å². The summed E-state index contributed by atoms with van der Waals surface area (Å²) in [6.45, 7) is 5.85. The predicted octanol–water partition coefficient (Wildman–Crippen LogP) is 2.48. The van der Waals surface area contributed by atoms with Crippen molar-refractivity contribution in [2.45, 2.75) is 56.2 Å². The Labute approximate surface area is 130 Å². The average molecular weight is 308 g/mol. The zero-order valence-electron chi connectivity index (χ0n) is 12.6.